The van der Waals surface area contributed by atoms with E-state index < -0.39 is 0 Å². The van der Waals surface area contributed by atoms with Crippen molar-refractivity contribution in [3.63, 3.8) is 0 Å². The summed E-state index contributed by atoms with van der Waals surface area (Å²) in [6, 6.07) is 0. The van der Waals surface area contributed by atoms with Gasteiger partial charge in [0.25, 0.3) is 0 Å². The third kappa shape index (κ3) is 2.58. The first-order chi connectivity index (χ1) is 3.72. The van der Waals surface area contributed by atoms with Crippen LogP contribution >= 0.6 is 23.2 Å². The third-order valence-corrected chi connectivity index (χ3v) is 1.99. The molecule has 0 amide bonds. The number of halogens is 2. The van der Waals surface area contributed by atoms with Crippen LogP contribution in [-0.2, 0) is 0 Å². The van der Waals surface area contributed by atoms with Crippen LogP contribution in [-0.4, -0.2) is 5.88 Å². The Morgan fingerprint density at radius 3 is 2.38 bits per heavy atom. The molecule has 0 spiro atoms. The fraction of sp³-hybridized carbons (Fsp3) is 0.667. The van der Waals surface area contributed by atoms with E-state index in [4.69, 9.17) is 23.2 Å². The van der Waals surface area contributed by atoms with Crippen molar-refractivity contribution in [2.24, 2.45) is 5.92 Å². The monoisotopic (exact) mass is 152 g/mol. The Balaban J connectivity index is 3.63. The van der Waals surface area contributed by atoms with Gasteiger partial charge < -0.3 is 0 Å². The van der Waals surface area contributed by atoms with Gasteiger partial charge in [0.05, 0.1) is 0 Å². The van der Waals surface area contributed by atoms with Crippen molar-refractivity contribution in [3.8, 4) is 0 Å². The Kier molecular flexibility index (Phi) is 4.39. The lowest BCUT2D eigenvalue weighted by atomic mass is 10.1. The SMILES string of the molecule is CC(=CCl)C(C)CCl. The molecule has 0 nitrogen and oxygen atoms in total. The Labute approximate surface area is 60.5 Å². The number of alkyl halides is 1. The molecule has 0 aliphatic rings. The molecule has 0 aromatic rings. The number of hydrogen-bond donors (Lipinski definition) is 0. The van der Waals surface area contributed by atoms with Gasteiger partial charge in [0.15, 0.2) is 0 Å². The molecule has 0 heterocycles. The molecule has 0 aliphatic heterocycles. The van der Waals surface area contributed by atoms with E-state index in [9.17, 15) is 0 Å². The second kappa shape index (κ2) is 4.22. The summed E-state index contributed by atoms with van der Waals surface area (Å²) in [6.45, 7) is 4.02. The maximum Gasteiger partial charge on any atom is 0.0286 e. The molecule has 0 N–H and O–H groups in total. The Bertz CT molecular complexity index is 86.5. The standard InChI is InChI=1S/C6H10Cl2/c1-5(3-7)6(2)4-8/h3,6H,4H2,1-2H3. The molecule has 1 atom stereocenters. The number of hydrogen-bond acceptors (Lipinski definition) is 0. The van der Waals surface area contributed by atoms with Gasteiger partial charge in [-0.25, -0.2) is 0 Å². The zero-order valence-corrected chi connectivity index (χ0v) is 6.63. The highest BCUT2D eigenvalue weighted by Crippen LogP contribution is 2.11. The van der Waals surface area contributed by atoms with Crippen LogP contribution in [0.15, 0.2) is 11.1 Å². The minimum Gasteiger partial charge on any atom is -0.126 e. The average molecular weight is 153 g/mol. The second-order valence-corrected chi connectivity index (χ2v) is 2.44. The van der Waals surface area contributed by atoms with Gasteiger partial charge in [0.2, 0.25) is 0 Å². The van der Waals surface area contributed by atoms with Crippen LogP contribution in [0, 0.1) is 5.92 Å². The van der Waals surface area contributed by atoms with Crippen LogP contribution in [0.4, 0.5) is 0 Å². The first kappa shape index (κ1) is 8.32. The molecule has 0 aromatic carbocycles. The van der Waals surface area contributed by atoms with E-state index >= 15 is 0 Å². The van der Waals surface area contributed by atoms with E-state index in [1.807, 2.05) is 13.8 Å². The fourth-order valence-corrected chi connectivity index (χ4v) is 0.688. The van der Waals surface area contributed by atoms with Gasteiger partial charge in [-0.2, -0.15) is 0 Å². The summed E-state index contributed by atoms with van der Waals surface area (Å²) < 4.78 is 0. The fourth-order valence-electron chi connectivity index (χ4n) is 0.229. The molecule has 0 aromatic heterocycles. The third-order valence-electron chi connectivity index (χ3n) is 1.18. The predicted molar refractivity (Wildman–Crippen MR) is 39.5 cm³/mol. The van der Waals surface area contributed by atoms with Crippen LogP contribution in [0.2, 0.25) is 0 Å². The van der Waals surface area contributed by atoms with E-state index in [1.165, 1.54) is 0 Å². The average Bonchev–Trinajstić information content (AvgIpc) is 1.84. The number of rotatable bonds is 2. The van der Waals surface area contributed by atoms with E-state index in [2.05, 4.69) is 0 Å². The second-order valence-electron chi connectivity index (χ2n) is 1.91. The summed E-state index contributed by atoms with van der Waals surface area (Å²) in [5, 5.41) is 0. The predicted octanol–water partition coefficient (Wildman–Crippen LogP) is 3.00. The number of allylic oxidation sites excluding steroid dienone is 1. The largest absolute Gasteiger partial charge is 0.126 e. The van der Waals surface area contributed by atoms with Crippen LogP contribution in [0.3, 0.4) is 0 Å². The van der Waals surface area contributed by atoms with Crippen molar-refractivity contribution >= 4 is 23.2 Å². The molecular formula is C6H10Cl2. The van der Waals surface area contributed by atoms with Crippen LogP contribution in [0.25, 0.3) is 0 Å². The van der Waals surface area contributed by atoms with E-state index in [-0.39, 0.29) is 0 Å². The first-order valence-electron chi connectivity index (χ1n) is 2.55. The lowest BCUT2D eigenvalue weighted by Crippen LogP contribution is -1.95. The highest BCUT2D eigenvalue weighted by Gasteiger charge is 1.99. The van der Waals surface area contributed by atoms with Gasteiger partial charge >= 0.3 is 0 Å². The Morgan fingerprint density at radius 1 is 1.75 bits per heavy atom. The van der Waals surface area contributed by atoms with Crippen molar-refractivity contribution in [2.75, 3.05) is 5.88 Å². The van der Waals surface area contributed by atoms with Gasteiger partial charge in [-0.1, -0.05) is 24.1 Å². The van der Waals surface area contributed by atoms with Crippen molar-refractivity contribution < 1.29 is 0 Å². The molecule has 0 radical (unpaired) electrons. The van der Waals surface area contributed by atoms with Crippen molar-refractivity contribution in [2.45, 2.75) is 13.8 Å². The molecule has 0 fully saturated rings. The van der Waals surface area contributed by atoms with Crippen LogP contribution < -0.4 is 0 Å². The summed E-state index contributed by atoms with van der Waals surface area (Å²) in [6.07, 6.45) is 0. The Morgan fingerprint density at radius 2 is 2.25 bits per heavy atom. The molecule has 1 unspecified atom stereocenters. The summed E-state index contributed by atoms with van der Waals surface area (Å²) in [5.74, 6) is 1.06. The maximum atomic E-state index is 5.53. The van der Waals surface area contributed by atoms with Gasteiger partial charge in [-0.15, -0.1) is 11.6 Å². The van der Waals surface area contributed by atoms with Crippen LogP contribution in [0.5, 0.6) is 0 Å². The summed E-state index contributed by atoms with van der Waals surface area (Å²) >= 11 is 10.9. The lowest BCUT2D eigenvalue weighted by molar-refractivity contribution is 0.780. The van der Waals surface area contributed by atoms with E-state index in [1.54, 1.807) is 5.54 Å². The smallest absolute Gasteiger partial charge is 0.0286 e. The van der Waals surface area contributed by atoms with Gasteiger partial charge in [0, 0.05) is 11.4 Å². The normalized spacial score (nSPS) is 16.2. The zero-order chi connectivity index (χ0) is 6.57. The molecule has 0 rings (SSSR count). The molecule has 0 saturated heterocycles. The lowest BCUT2D eigenvalue weighted by Gasteiger charge is -2.03. The van der Waals surface area contributed by atoms with E-state index in [0.29, 0.717) is 11.8 Å². The summed E-state index contributed by atoms with van der Waals surface area (Å²) in [7, 11) is 0. The highest BCUT2D eigenvalue weighted by molar-refractivity contribution is 6.25. The molecule has 0 saturated carbocycles. The molecule has 0 aliphatic carbocycles. The summed E-state index contributed by atoms with van der Waals surface area (Å²) in [4.78, 5) is 0. The van der Waals surface area contributed by atoms with Gasteiger partial charge in [-0.05, 0) is 12.8 Å². The highest BCUT2D eigenvalue weighted by atomic mass is 35.5. The molecule has 48 valence electrons. The quantitative estimate of drug-likeness (QED) is 0.535. The molecule has 8 heavy (non-hydrogen) atoms. The van der Waals surface area contributed by atoms with Crippen molar-refractivity contribution in [1.82, 2.24) is 0 Å². The van der Waals surface area contributed by atoms with Gasteiger partial charge in [0.1, 0.15) is 0 Å². The maximum absolute atomic E-state index is 5.53. The van der Waals surface area contributed by atoms with Crippen LogP contribution in [0.1, 0.15) is 13.8 Å². The zero-order valence-electron chi connectivity index (χ0n) is 5.12. The molecular weight excluding hydrogens is 143 g/mol. The van der Waals surface area contributed by atoms with Gasteiger partial charge in [-0.3, -0.25) is 0 Å². The molecule has 2 heteroatoms. The van der Waals surface area contributed by atoms with Crippen molar-refractivity contribution in [1.29, 1.82) is 0 Å². The molecule has 0 bridgehead atoms. The van der Waals surface area contributed by atoms with Crippen molar-refractivity contribution in [3.05, 3.63) is 11.1 Å². The first-order valence-corrected chi connectivity index (χ1v) is 3.52. The minimum atomic E-state index is 0.411. The summed E-state index contributed by atoms with van der Waals surface area (Å²) in [5.41, 5.74) is 2.72. The van der Waals surface area contributed by atoms with E-state index in [0.717, 1.165) is 5.57 Å². The Hall–Kier alpha value is 0.320. The topological polar surface area (TPSA) is 0 Å². The minimum absolute atomic E-state index is 0.411.